The van der Waals surface area contributed by atoms with Gasteiger partial charge in [0, 0.05) is 18.3 Å². The third kappa shape index (κ3) is 6.27. The quantitative estimate of drug-likeness (QED) is 0.512. The topological polar surface area (TPSA) is 21.3 Å². The van der Waals surface area contributed by atoms with Gasteiger partial charge in [0.1, 0.15) is 5.75 Å². The van der Waals surface area contributed by atoms with Crippen LogP contribution in [0, 0.1) is 0 Å². The second-order valence-electron chi connectivity index (χ2n) is 6.69. The number of unbranched alkanes of at least 4 members (excludes halogenated alkanes) is 3. The normalized spacial score (nSPS) is 10.8. The highest BCUT2D eigenvalue weighted by atomic mass is 16.5. The van der Waals surface area contributed by atoms with E-state index in [4.69, 9.17) is 4.74 Å². The molecule has 0 bridgehead atoms. The van der Waals surface area contributed by atoms with Crippen molar-refractivity contribution < 1.29 is 4.74 Å². The lowest BCUT2D eigenvalue weighted by Crippen LogP contribution is -2.01. The first-order valence-corrected chi connectivity index (χ1v) is 9.24. The van der Waals surface area contributed by atoms with Gasteiger partial charge in [-0.1, -0.05) is 70.4 Å². The molecule has 0 amide bonds. The average Bonchev–Trinajstić information content (AvgIpc) is 2.60. The average molecular weight is 325 g/mol. The highest BCUT2D eigenvalue weighted by Crippen LogP contribution is 2.19. The third-order valence-electron chi connectivity index (χ3n) is 4.24. The van der Waals surface area contributed by atoms with Crippen LogP contribution in [0.2, 0.25) is 0 Å². The number of rotatable bonds is 10. The predicted molar refractivity (Wildman–Crippen MR) is 104 cm³/mol. The van der Waals surface area contributed by atoms with Gasteiger partial charge in [-0.05, 0) is 35.6 Å². The Morgan fingerprint density at radius 3 is 2.46 bits per heavy atom. The molecule has 0 fully saturated rings. The maximum atomic E-state index is 5.85. The van der Waals surface area contributed by atoms with Gasteiger partial charge in [0.25, 0.3) is 0 Å². The molecule has 2 rings (SSSR count). The van der Waals surface area contributed by atoms with Crippen molar-refractivity contribution in [3.63, 3.8) is 0 Å². The highest BCUT2D eigenvalue weighted by molar-refractivity contribution is 5.48. The molecule has 0 unspecified atom stereocenters. The first-order valence-electron chi connectivity index (χ1n) is 9.24. The molecule has 130 valence electrons. The van der Waals surface area contributed by atoms with E-state index in [1.165, 1.54) is 30.4 Å². The minimum absolute atomic E-state index is 0.582. The Labute approximate surface area is 147 Å². The third-order valence-corrected chi connectivity index (χ3v) is 4.24. The molecular weight excluding hydrogens is 294 g/mol. The molecule has 0 aromatic heterocycles. The van der Waals surface area contributed by atoms with Gasteiger partial charge in [0.15, 0.2) is 0 Å². The molecule has 2 aromatic carbocycles. The Hall–Kier alpha value is -1.96. The van der Waals surface area contributed by atoms with Gasteiger partial charge < -0.3 is 10.1 Å². The molecular formula is C22H31NO. The second kappa shape index (κ2) is 10.0. The molecule has 0 atom stereocenters. The zero-order valence-electron chi connectivity index (χ0n) is 15.3. The Bertz CT molecular complexity index is 589. The molecule has 24 heavy (non-hydrogen) atoms. The summed E-state index contributed by atoms with van der Waals surface area (Å²) in [6.07, 6.45) is 4.94. The van der Waals surface area contributed by atoms with E-state index in [9.17, 15) is 0 Å². The fraction of sp³-hybridized carbons (Fsp3) is 0.455. The van der Waals surface area contributed by atoms with Gasteiger partial charge >= 0.3 is 0 Å². The van der Waals surface area contributed by atoms with Crippen molar-refractivity contribution >= 4 is 5.69 Å². The predicted octanol–water partition coefficient (Wildman–Crippen LogP) is 6.38. The van der Waals surface area contributed by atoms with E-state index in [1.54, 1.807) is 0 Å². The van der Waals surface area contributed by atoms with Crippen LogP contribution >= 0.6 is 0 Å². The molecule has 2 heteroatoms. The number of benzene rings is 2. The zero-order valence-corrected chi connectivity index (χ0v) is 15.3. The van der Waals surface area contributed by atoms with E-state index in [0.717, 1.165) is 31.0 Å². The van der Waals surface area contributed by atoms with Gasteiger partial charge in [-0.3, -0.25) is 0 Å². The minimum atomic E-state index is 0.582. The molecule has 2 aromatic rings. The summed E-state index contributed by atoms with van der Waals surface area (Å²) in [5.41, 5.74) is 3.79. The summed E-state index contributed by atoms with van der Waals surface area (Å²) in [6.45, 7) is 8.31. The van der Waals surface area contributed by atoms with Crippen molar-refractivity contribution in [1.29, 1.82) is 0 Å². The van der Waals surface area contributed by atoms with Crippen molar-refractivity contribution in [2.75, 3.05) is 11.9 Å². The van der Waals surface area contributed by atoms with Crippen LogP contribution in [0.4, 0.5) is 5.69 Å². The SMILES string of the molecule is CCCCCCOc1cccc(NCc2ccc(C(C)C)cc2)c1. The van der Waals surface area contributed by atoms with E-state index in [-0.39, 0.29) is 0 Å². The van der Waals surface area contributed by atoms with Crippen LogP contribution < -0.4 is 10.1 Å². The Morgan fingerprint density at radius 1 is 0.958 bits per heavy atom. The summed E-state index contributed by atoms with van der Waals surface area (Å²) < 4.78 is 5.85. The van der Waals surface area contributed by atoms with Gasteiger partial charge in [-0.2, -0.15) is 0 Å². The van der Waals surface area contributed by atoms with Crippen LogP contribution in [-0.2, 0) is 6.54 Å². The van der Waals surface area contributed by atoms with Crippen LogP contribution in [-0.4, -0.2) is 6.61 Å². The van der Waals surface area contributed by atoms with Crippen LogP contribution in [0.3, 0.4) is 0 Å². The smallest absolute Gasteiger partial charge is 0.121 e. The molecule has 0 spiro atoms. The summed E-state index contributed by atoms with van der Waals surface area (Å²) in [7, 11) is 0. The van der Waals surface area contributed by atoms with Crippen LogP contribution in [0.25, 0.3) is 0 Å². The summed E-state index contributed by atoms with van der Waals surface area (Å²) in [6, 6.07) is 17.1. The lowest BCUT2D eigenvalue weighted by Gasteiger charge is -2.11. The largest absolute Gasteiger partial charge is 0.494 e. The summed E-state index contributed by atoms with van der Waals surface area (Å²) in [5, 5.41) is 3.48. The van der Waals surface area contributed by atoms with Crippen molar-refractivity contribution in [1.82, 2.24) is 0 Å². The highest BCUT2D eigenvalue weighted by Gasteiger charge is 2.00. The van der Waals surface area contributed by atoms with E-state index in [1.807, 2.05) is 12.1 Å². The van der Waals surface area contributed by atoms with Crippen LogP contribution in [0.1, 0.15) is 63.5 Å². The van der Waals surface area contributed by atoms with Crippen molar-refractivity contribution in [3.8, 4) is 5.75 Å². The zero-order chi connectivity index (χ0) is 17.2. The monoisotopic (exact) mass is 325 g/mol. The lowest BCUT2D eigenvalue weighted by atomic mass is 10.0. The summed E-state index contributed by atoms with van der Waals surface area (Å²) >= 11 is 0. The number of ether oxygens (including phenoxy) is 1. The molecule has 1 N–H and O–H groups in total. The van der Waals surface area contributed by atoms with Crippen LogP contribution in [0.5, 0.6) is 5.75 Å². The Kier molecular flexibility index (Phi) is 7.67. The van der Waals surface area contributed by atoms with Gasteiger partial charge in [0.05, 0.1) is 6.61 Å². The number of hydrogen-bond acceptors (Lipinski definition) is 2. The van der Waals surface area contributed by atoms with Gasteiger partial charge in [-0.15, -0.1) is 0 Å². The van der Waals surface area contributed by atoms with E-state index in [0.29, 0.717) is 5.92 Å². The fourth-order valence-electron chi connectivity index (χ4n) is 2.64. The molecule has 0 radical (unpaired) electrons. The maximum absolute atomic E-state index is 5.85. The van der Waals surface area contributed by atoms with E-state index < -0.39 is 0 Å². The number of anilines is 1. The van der Waals surface area contributed by atoms with Crippen LogP contribution in [0.15, 0.2) is 48.5 Å². The minimum Gasteiger partial charge on any atom is -0.494 e. The fourth-order valence-corrected chi connectivity index (χ4v) is 2.64. The van der Waals surface area contributed by atoms with Gasteiger partial charge in [0.2, 0.25) is 0 Å². The Morgan fingerprint density at radius 2 is 1.75 bits per heavy atom. The maximum Gasteiger partial charge on any atom is 0.121 e. The van der Waals surface area contributed by atoms with E-state index >= 15 is 0 Å². The van der Waals surface area contributed by atoms with E-state index in [2.05, 4.69) is 62.5 Å². The van der Waals surface area contributed by atoms with Crippen molar-refractivity contribution in [3.05, 3.63) is 59.7 Å². The first-order chi connectivity index (χ1) is 11.7. The van der Waals surface area contributed by atoms with Crippen molar-refractivity contribution in [2.45, 2.75) is 58.9 Å². The summed E-state index contributed by atoms with van der Waals surface area (Å²) in [5.74, 6) is 1.53. The first kappa shape index (κ1) is 18.4. The van der Waals surface area contributed by atoms with Crippen molar-refractivity contribution in [2.24, 2.45) is 0 Å². The molecule has 0 saturated carbocycles. The molecule has 0 heterocycles. The molecule has 0 aliphatic carbocycles. The molecule has 2 nitrogen and oxygen atoms in total. The molecule has 0 saturated heterocycles. The number of hydrogen-bond donors (Lipinski definition) is 1. The second-order valence-corrected chi connectivity index (χ2v) is 6.69. The number of nitrogens with one attached hydrogen (secondary N) is 1. The lowest BCUT2D eigenvalue weighted by molar-refractivity contribution is 0.305. The molecule has 0 aliphatic rings. The molecule has 0 aliphatic heterocycles. The summed E-state index contributed by atoms with van der Waals surface area (Å²) in [4.78, 5) is 0. The van der Waals surface area contributed by atoms with Gasteiger partial charge in [-0.25, -0.2) is 0 Å². The standard InChI is InChI=1S/C22H31NO/c1-4-5-6-7-15-24-22-10-8-9-21(16-22)23-17-19-11-13-20(14-12-19)18(2)3/h8-14,16,18,23H,4-7,15,17H2,1-3H3. The Balaban J connectivity index is 1.81.